The number of pyridine rings is 1. The number of benzene rings is 1. The lowest BCUT2D eigenvalue weighted by atomic mass is 10.2. The maximum absolute atomic E-state index is 5.79. The molecule has 0 bridgehead atoms. The summed E-state index contributed by atoms with van der Waals surface area (Å²) in [7, 11) is 1.66. The smallest absolute Gasteiger partial charge is 0.161 e. The number of hydrogen-bond donors (Lipinski definition) is 1. The third kappa shape index (κ3) is 4.67. The number of anilines is 1. The van der Waals surface area contributed by atoms with Crippen molar-refractivity contribution in [3.63, 3.8) is 0 Å². The second kappa shape index (κ2) is 8.15. The number of nitrogens with zero attached hydrogens (tertiary/aromatic N) is 1. The van der Waals surface area contributed by atoms with Crippen molar-refractivity contribution in [3.05, 3.63) is 48.2 Å². The molecular formula is C17H22N2O2. The van der Waals surface area contributed by atoms with E-state index in [0.717, 1.165) is 35.7 Å². The monoisotopic (exact) mass is 286 g/mol. The lowest BCUT2D eigenvalue weighted by Gasteiger charge is -2.12. The van der Waals surface area contributed by atoms with E-state index in [-0.39, 0.29) is 0 Å². The van der Waals surface area contributed by atoms with Crippen LogP contribution >= 0.6 is 0 Å². The molecular weight excluding hydrogens is 264 g/mol. The maximum Gasteiger partial charge on any atom is 0.161 e. The summed E-state index contributed by atoms with van der Waals surface area (Å²) in [6.45, 7) is 3.56. The van der Waals surface area contributed by atoms with Crippen LogP contribution in [0.25, 0.3) is 0 Å². The van der Waals surface area contributed by atoms with E-state index in [1.54, 1.807) is 13.3 Å². The number of nitrogens with one attached hydrogen (secondary N) is 1. The van der Waals surface area contributed by atoms with Gasteiger partial charge < -0.3 is 14.8 Å². The first kappa shape index (κ1) is 15.2. The Hall–Kier alpha value is -2.23. The molecule has 2 aromatic rings. The standard InChI is InChI=1S/C17H22N2O2/c1-3-4-11-21-16-12-14(8-9-15(16)20-2)13-19-17-7-5-6-10-18-17/h5-10,12H,3-4,11,13H2,1-2H3,(H,18,19). The van der Waals surface area contributed by atoms with Gasteiger partial charge in [0.1, 0.15) is 5.82 Å². The summed E-state index contributed by atoms with van der Waals surface area (Å²) in [6.07, 6.45) is 3.93. The third-order valence-corrected chi connectivity index (χ3v) is 3.12. The van der Waals surface area contributed by atoms with Crippen LogP contribution in [-0.4, -0.2) is 18.7 Å². The van der Waals surface area contributed by atoms with Gasteiger partial charge in [-0.3, -0.25) is 0 Å². The zero-order valence-electron chi connectivity index (χ0n) is 12.6. The highest BCUT2D eigenvalue weighted by Gasteiger charge is 2.06. The minimum atomic E-state index is 0.700. The van der Waals surface area contributed by atoms with Crippen molar-refractivity contribution in [2.45, 2.75) is 26.3 Å². The van der Waals surface area contributed by atoms with Crippen molar-refractivity contribution in [1.29, 1.82) is 0 Å². The van der Waals surface area contributed by atoms with Gasteiger partial charge in [-0.05, 0) is 36.2 Å². The van der Waals surface area contributed by atoms with E-state index in [1.807, 2.05) is 36.4 Å². The van der Waals surface area contributed by atoms with Crippen molar-refractivity contribution in [2.75, 3.05) is 19.0 Å². The predicted octanol–water partition coefficient (Wildman–Crippen LogP) is 3.88. The Labute approximate surface area is 126 Å². The fraction of sp³-hybridized carbons (Fsp3) is 0.353. The molecule has 0 saturated carbocycles. The molecule has 1 N–H and O–H groups in total. The molecule has 1 aromatic carbocycles. The molecule has 2 rings (SSSR count). The summed E-state index contributed by atoms with van der Waals surface area (Å²) in [6, 6.07) is 11.8. The summed E-state index contributed by atoms with van der Waals surface area (Å²) < 4.78 is 11.1. The third-order valence-electron chi connectivity index (χ3n) is 3.12. The van der Waals surface area contributed by atoms with Crippen LogP contribution in [0.3, 0.4) is 0 Å². The first-order chi connectivity index (χ1) is 10.3. The van der Waals surface area contributed by atoms with E-state index in [1.165, 1.54) is 0 Å². The van der Waals surface area contributed by atoms with E-state index in [0.29, 0.717) is 13.2 Å². The van der Waals surface area contributed by atoms with Gasteiger partial charge >= 0.3 is 0 Å². The average molecular weight is 286 g/mol. The Balaban J connectivity index is 2.01. The van der Waals surface area contributed by atoms with Crippen LogP contribution in [0.1, 0.15) is 25.3 Å². The molecule has 4 heteroatoms. The normalized spacial score (nSPS) is 10.2. The van der Waals surface area contributed by atoms with E-state index >= 15 is 0 Å². The van der Waals surface area contributed by atoms with Gasteiger partial charge in [-0.2, -0.15) is 0 Å². The van der Waals surface area contributed by atoms with Crippen LogP contribution in [0.2, 0.25) is 0 Å². The largest absolute Gasteiger partial charge is 0.493 e. The van der Waals surface area contributed by atoms with E-state index in [9.17, 15) is 0 Å². The molecule has 4 nitrogen and oxygen atoms in total. The molecule has 0 unspecified atom stereocenters. The molecule has 0 aliphatic heterocycles. The number of aromatic nitrogens is 1. The van der Waals surface area contributed by atoms with Gasteiger partial charge in [-0.1, -0.05) is 25.5 Å². The summed E-state index contributed by atoms with van der Waals surface area (Å²) in [4.78, 5) is 4.24. The van der Waals surface area contributed by atoms with Crippen molar-refractivity contribution in [2.24, 2.45) is 0 Å². The molecule has 0 radical (unpaired) electrons. The zero-order chi connectivity index (χ0) is 14.9. The highest BCUT2D eigenvalue weighted by Crippen LogP contribution is 2.28. The van der Waals surface area contributed by atoms with Gasteiger partial charge in [0.05, 0.1) is 13.7 Å². The van der Waals surface area contributed by atoms with E-state index < -0.39 is 0 Å². The van der Waals surface area contributed by atoms with Crippen molar-refractivity contribution in [3.8, 4) is 11.5 Å². The number of rotatable bonds is 8. The molecule has 0 saturated heterocycles. The van der Waals surface area contributed by atoms with Gasteiger partial charge in [-0.15, -0.1) is 0 Å². The molecule has 0 atom stereocenters. The lowest BCUT2D eigenvalue weighted by Crippen LogP contribution is -2.03. The number of unbranched alkanes of at least 4 members (excludes halogenated alkanes) is 1. The number of ether oxygens (including phenoxy) is 2. The first-order valence-electron chi connectivity index (χ1n) is 7.28. The van der Waals surface area contributed by atoms with E-state index in [2.05, 4.69) is 17.2 Å². The fourth-order valence-corrected chi connectivity index (χ4v) is 1.93. The highest BCUT2D eigenvalue weighted by molar-refractivity contribution is 5.44. The van der Waals surface area contributed by atoms with Crippen LogP contribution in [0.4, 0.5) is 5.82 Å². The summed E-state index contributed by atoms with van der Waals surface area (Å²) >= 11 is 0. The van der Waals surface area contributed by atoms with Crippen LogP contribution in [0.15, 0.2) is 42.6 Å². The van der Waals surface area contributed by atoms with Gasteiger partial charge in [-0.25, -0.2) is 4.98 Å². The molecule has 1 heterocycles. The molecule has 0 spiro atoms. The van der Waals surface area contributed by atoms with Crippen LogP contribution in [0, 0.1) is 0 Å². The Morgan fingerprint density at radius 1 is 1.14 bits per heavy atom. The minimum Gasteiger partial charge on any atom is -0.493 e. The molecule has 0 amide bonds. The van der Waals surface area contributed by atoms with Crippen molar-refractivity contribution < 1.29 is 9.47 Å². The van der Waals surface area contributed by atoms with Gasteiger partial charge in [0.25, 0.3) is 0 Å². The Morgan fingerprint density at radius 3 is 2.76 bits per heavy atom. The van der Waals surface area contributed by atoms with Crippen LogP contribution in [-0.2, 0) is 6.54 Å². The first-order valence-corrected chi connectivity index (χ1v) is 7.28. The maximum atomic E-state index is 5.79. The fourth-order valence-electron chi connectivity index (χ4n) is 1.93. The molecule has 112 valence electrons. The molecule has 21 heavy (non-hydrogen) atoms. The summed E-state index contributed by atoms with van der Waals surface area (Å²) in [5, 5.41) is 3.29. The predicted molar refractivity (Wildman–Crippen MR) is 85.0 cm³/mol. The number of methoxy groups -OCH3 is 1. The second-order valence-corrected chi connectivity index (χ2v) is 4.76. The van der Waals surface area contributed by atoms with Gasteiger partial charge in [0.2, 0.25) is 0 Å². The second-order valence-electron chi connectivity index (χ2n) is 4.76. The van der Waals surface area contributed by atoms with Crippen molar-refractivity contribution in [1.82, 2.24) is 4.98 Å². The highest BCUT2D eigenvalue weighted by atomic mass is 16.5. The lowest BCUT2D eigenvalue weighted by molar-refractivity contribution is 0.288. The zero-order valence-corrected chi connectivity index (χ0v) is 12.6. The SMILES string of the molecule is CCCCOc1cc(CNc2ccccn2)ccc1OC. The molecule has 0 fully saturated rings. The number of hydrogen-bond acceptors (Lipinski definition) is 4. The molecule has 0 aliphatic carbocycles. The van der Waals surface area contributed by atoms with Gasteiger partial charge in [0.15, 0.2) is 11.5 Å². The summed E-state index contributed by atoms with van der Waals surface area (Å²) in [5.74, 6) is 2.43. The van der Waals surface area contributed by atoms with Gasteiger partial charge in [0, 0.05) is 12.7 Å². The summed E-state index contributed by atoms with van der Waals surface area (Å²) in [5.41, 5.74) is 1.13. The van der Waals surface area contributed by atoms with Crippen molar-refractivity contribution >= 4 is 5.82 Å². The minimum absolute atomic E-state index is 0.700. The Kier molecular flexibility index (Phi) is 5.88. The average Bonchev–Trinajstić information content (AvgIpc) is 2.54. The quantitative estimate of drug-likeness (QED) is 0.748. The Bertz CT molecular complexity index is 544. The molecule has 0 aliphatic rings. The van der Waals surface area contributed by atoms with E-state index in [4.69, 9.17) is 9.47 Å². The topological polar surface area (TPSA) is 43.4 Å². The molecule has 1 aromatic heterocycles. The Morgan fingerprint density at radius 2 is 2.05 bits per heavy atom. The van der Waals surface area contributed by atoms with Crippen LogP contribution in [0.5, 0.6) is 11.5 Å². The van der Waals surface area contributed by atoms with Crippen LogP contribution < -0.4 is 14.8 Å².